The van der Waals surface area contributed by atoms with Crippen molar-refractivity contribution < 1.29 is 9.47 Å². The van der Waals surface area contributed by atoms with Crippen molar-refractivity contribution in [2.45, 2.75) is 32.0 Å². The fraction of sp³-hybridized carbons (Fsp3) is 0.474. The lowest BCUT2D eigenvalue weighted by molar-refractivity contribution is 0.0764. The van der Waals surface area contributed by atoms with Gasteiger partial charge in [-0.1, -0.05) is 35.9 Å². The van der Waals surface area contributed by atoms with E-state index in [4.69, 9.17) is 9.47 Å². The SMILES string of the molecule is CO[C@H]1C2=C([C@@H]3C=C(C)[C@@H]2CC3)[C@H](OC)c2ccccc21. The average molecular weight is 282 g/mol. The summed E-state index contributed by atoms with van der Waals surface area (Å²) in [6.07, 6.45) is 5.15. The lowest BCUT2D eigenvalue weighted by Gasteiger charge is -2.47. The van der Waals surface area contributed by atoms with Gasteiger partial charge in [-0.3, -0.25) is 0 Å². The Morgan fingerprint density at radius 2 is 1.52 bits per heavy atom. The number of fused-ring (bicyclic) bond motifs is 2. The molecule has 0 N–H and O–H groups in total. The second kappa shape index (κ2) is 4.82. The van der Waals surface area contributed by atoms with Crippen LogP contribution in [0.15, 0.2) is 47.1 Å². The molecule has 21 heavy (non-hydrogen) atoms. The summed E-state index contributed by atoms with van der Waals surface area (Å²) >= 11 is 0. The van der Waals surface area contributed by atoms with Crippen LogP contribution in [0.25, 0.3) is 0 Å². The van der Waals surface area contributed by atoms with Gasteiger partial charge in [-0.05, 0) is 42.0 Å². The zero-order valence-corrected chi connectivity index (χ0v) is 12.9. The predicted octanol–water partition coefficient (Wildman–Crippen LogP) is 4.36. The largest absolute Gasteiger partial charge is 0.372 e. The molecule has 4 atom stereocenters. The van der Waals surface area contributed by atoms with Crippen LogP contribution in [-0.4, -0.2) is 14.2 Å². The van der Waals surface area contributed by atoms with Crippen molar-refractivity contribution in [1.29, 1.82) is 0 Å². The van der Waals surface area contributed by atoms with Gasteiger partial charge in [0.15, 0.2) is 0 Å². The van der Waals surface area contributed by atoms with Crippen LogP contribution in [0.2, 0.25) is 0 Å². The summed E-state index contributed by atoms with van der Waals surface area (Å²) in [5, 5.41) is 0. The number of ether oxygens (including phenoxy) is 2. The van der Waals surface area contributed by atoms with Crippen LogP contribution < -0.4 is 0 Å². The number of allylic oxidation sites excluding steroid dienone is 2. The number of methoxy groups -OCH3 is 2. The summed E-state index contributed by atoms with van der Waals surface area (Å²) < 4.78 is 11.9. The van der Waals surface area contributed by atoms with E-state index in [2.05, 4.69) is 37.3 Å². The average Bonchev–Trinajstić information content (AvgIpc) is 2.52. The molecule has 0 unspecified atom stereocenters. The van der Waals surface area contributed by atoms with Gasteiger partial charge >= 0.3 is 0 Å². The quantitative estimate of drug-likeness (QED) is 0.750. The van der Waals surface area contributed by atoms with Crippen LogP contribution in [0.4, 0.5) is 0 Å². The van der Waals surface area contributed by atoms with Crippen LogP contribution in [0.5, 0.6) is 0 Å². The Hall–Kier alpha value is -1.38. The molecule has 1 aromatic carbocycles. The highest BCUT2D eigenvalue weighted by Crippen LogP contribution is 2.57. The minimum atomic E-state index is 0.0963. The molecule has 0 aromatic heterocycles. The van der Waals surface area contributed by atoms with Crippen molar-refractivity contribution in [3.63, 3.8) is 0 Å². The smallest absolute Gasteiger partial charge is 0.105 e. The fourth-order valence-electron chi connectivity index (χ4n) is 4.66. The zero-order valence-electron chi connectivity index (χ0n) is 12.9. The Morgan fingerprint density at radius 1 is 0.905 bits per heavy atom. The maximum absolute atomic E-state index is 5.94. The van der Waals surface area contributed by atoms with Crippen molar-refractivity contribution in [3.8, 4) is 0 Å². The Labute approximate surface area is 126 Å². The first-order valence-electron chi connectivity index (χ1n) is 7.82. The minimum absolute atomic E-state index is 0.0963. The molecule has 0 fully saturated rings. The van der Waals surface area contributed by atoms with Gasteiger partial charge < -0.3 is 9.47 Å². The second-order valence-corrected chi connectivity index (χ2v) is 6.42. The van der Waals surface area contributed by atoms with Crippen LogP contribution in [0, 0.1) is 11.8 Å². The molecule has 1 aromatic rings. The molecule has 4 aliphatic rings. The predicted molar refractivity (Wildman–Crippen MR) is 82.9 cm³/mol. The van der Waals surface area contributed by atoms with Gasteiger partial charge in [-0.25, -0.2) is 0 Å². The third-order valence-corrected chi connectivity index (χ3v) is 5.49. The summed E-state index contributed by atoms with van der Waals surface area (Å²) in [5.74, 6) is 1.07. The third kappa shape index (κ3) is 1.72. The van der Waals surface area contributed by atoms with E-state index in [1.54, 1.807) is 0 Å². The first kappa shape index (κ1) is 13.3. The van der Waals surface area contributed by atoms with Crippen molar-refractivity contribution in [3.05, 3.63) is 58.2 Å². The number of hydrogen-bond acceptors (Lipinski definition) is 2. The van der Waals surface area contributed by atoms with Crippen molar-refractivity contribution in [1.82, 2.24) is 0 Å². The van der Waals surface area contributed by atoms with E-state index in [0.29, 0.717) is 11.8 Å². The molecule has 2 heteroatoms. The molecule has 0 saturated heterocycles. The first-order valence-corrected chi connectivity index (χ1v) is 7.82. The summed E-state index contributed by atoms with van der Waals surface area (Å²) in [5.41, 5.74) is 7.04. The van der Waals surface area contributed by atoms with Gasteiger partial charge in [-0.2, -0.15) is 0 Å². The number of rotatable bonds is 2. The summed E-state index contributed by atoms with van der Waals surface area (Å²) in [6, 6.07) is 8.59. The van der Waals surface area contributed by atoms with Crippen LogP contribution in [0.1, 0.15) is 43.1 Å². The van der Waals surface area contributed by atoms with Gasteiger partial charge in [0, 0.05) is 26.1 Å². The van der Waals surface area contributed by atoms with E-state index in [0.717, 1.165) is 0 Å². The monoisotopic (exact) mass is 282 g/mol. The molecular formula is C19H22O2. The maximum Gasteiger partial charge on any atom is 0.105 e. The van der Waals surface area contributed by atoms with E-state index < -0.39 is 0 Å². The molecule has 2 bridgehead atoms. The number of hydrogen-bond donors (Lipinski definition) is 0. The van der Waals surface area contributed by atoms with Gasteiger partial charge in [0.25, 0.3) is 0 Å². The lowest BCUT2D eigenvalue weighted by Crippen LogP contribution is -2.35. The standard InChI is InChI=1S/C19H22O2/c1-11-10-12-8-9-13(11)17-16(12)18(20-2)14-6-4-5-7-15(14)19(17)21-3/h4-7,10,12-13,18-19H,8-9H2,1-3H3/t12-,13-,18+,19+/m0/s1. The van der Waals surface area contributed by atoms with E-state index in [1.807, 2.05) is 14.2 Å². The highest BCUT2D eigenvalue weighted by atomic mass is 16.5. The molecule has 5 rings (SSSR count). The van der Waals surface area contributed by atoms with Crippen molar-refractivity contribution in [2.24, 2.45) is 11.8 Å². The van der Waals surface area contributed by atoms with Crippen LogP contribution in [-0.2, 0) is 9.47 Å². The molecule has 0 radical (unpaired) electrons. The normalized spacial score (nSPS) is 33.6. The molecule has 0 aliphatic heterocycles. The Kier molecular flexibility index (Phi) is 3.05. The summed E-state index contributed by atoms with van der Waals surface area (Å²) in [6.45, 7) is 2.27. The molecule has 110 valence electrons. The Bertz CT molecular complexity index is 641. The molecule has 0 amide bonds. The Balaban J connectivity index is 1.94. The summed E-state index contributed by atoms with van der Waals surface area (Å²) in [7, 11) is 3.67. The maximum atomic E-state index is 5.94. The molecule has 2 nitrogen and oxygen atoms in total. The highest BCUT2D eigenvalue weighted by Gasteiger charge is 2.45. The van der Waals surface area contributed by atoms with E-state index in [1.165, 1.54) is 40.7 Å². The fourth-order valence-corrected chi connectivity index (χ4v) is 4.66. The molecule has 0 saturated carbocycles. The summed E-state index contributed by atoms with van der Waals surface area (Å²) in [4.78, 5) is 0. The molecular weight excluding hydrogens is 260 g/mol. The van der Waals surface area contributed by atoms with Gasteiger partial charge in [0.2, 0.25) is 0 Å². The van der Waals surface area contributed by atoms with Crippen molar-refractivity contribution in [2.75, 3.05) is 14.2 Å². The van der Waals surface area contributed by atoms with E-state index in [9.17, 15) is 0 Å². The molecule has 0 spiro atoms. The molecule has 0 heterocycles. The second-order valence-electron chi connectivity index (χ2n) is 6.42. The van der Waals surface area contributed by atoms with Gasteiger partial charge in [0.05, 0.1) is 0 Å². The topological polar surface area (TPSA) is 18.5 Å². The first-order chi connectivity index (χ1) is 10.3. The highest BCUT2D eigenvalue weighted by molar-refractivity contribution is 5.53. The third-order valence-electron chi connectivity index (χ3n) is 5.49. The van der Waals surface area contributed by atoms with E-state index in [-0.39, 0.29) is 12.2 Å². The Morgan fingerprint density at radius 3 is 2.10 bits per heavy atom. The minimum Gasteiger partial charge on any atom is -0.372 e. The number of benzene rings is 1. The van der Waals surface area contributed by atoms with E-state index >= 15 is 0 Å². The van der Waals surface area contributed by atoms with Crippen LogP contribution in [0.3, 0.4) is 0 Å². The lowest BCUT2D eigenvalue weighted by atomic mass is 9.61. The van der Waals surface area contributed by atoms with Crippen molar-refractivity contribution >= 4 is 0 Å². The van der Waals surface area contributed by atoms with Crippen LogP contribution >= 0.6 is 0 Å². The zero-order chi connectivity index (χ0) is 14.6. The van der Waals surface area contributed by atoms with Gasteiger partial charge in [0.1, 0.15) is 12.2 Å². The molecule has 4 aliphatic carbocycles. The van der Waals surface area contributed by atoms with Gasteiger partial charge in [-0.15, -0.1) is 0 Å².